The van der Waals surface area contributed by atoms with Crippen molar-refractivity contribution in [3.63, 3.8) is 0 Å². The van der Waals surface area contributed by atoms with E-state index in [2.05, 4.69) is 19.2 Å². The van der Waals surface area contributed by atoms with Gasteiger partial charge >= 0.3 is 6.03 Å². The van der Waals surface area contributed by atoms with Crippen LogP contribution in [0.4, 0.5) is 10.5 Å². The van der Waals surface area contributed by atoms with Gasteiger partial charge < -0.3 is 10.2 Å². The highest BCUT2D eigenvalue weighted by atomic mass is 35.5. The maximum absolute atomic E-state index is 12.1. The fourth-order valence-electron chi connectivity index (χ4n) is 1.78. The number of benzene rings is 1. The molecule has 0 aromatic heterocycles. The Morgan fingerprint density at radius 1 is 1.28 bits per heavy atom. The molecule has 0 bridgehead atoms. The van der Waals surface area contributed by atoms with Crippen LogP contribution in [0.15, 0.2) is 18.2 Å². The lowest BCUT2D eigenvalue weighted by atomic mass is 10.2. The third-order valence-corrected chi connectivity index (χ3v) is 2.95. The molecule has 0 fully saturated rings. The Labute approximate surface area is 114 Å². The number of nitrogens with zero attached hydrogens (tertiary/aromatic N) is 1. The minimum absolute atomic E-state index is 0.0518. The summed E-state index contributed by atoms with van der Waals surface area (Å²) in [4.78, 5) is 14.0. The fraction of sp³-hybridized carbons (Fsp3) is 0.500. The van der Waals surface area contributed by atoms with Crippen LogP contribution in [0.3, 0.4) is 0 Å². The van der Waals surface area contributed by atoms with Gasteiger partial charge in [0.05, 0.1) is 0 Å². The number of hydrogen-bond acceptors (Lipinski definition) is 1. The van der Waals surface area contributed by atoms with Crippen molar-refractivity contribution in [2.24, 2.45) is 0 Å². The molecule has 18 heavy (non-hydrogen) atoms. The van der Waals surface area contributed by atoms with Crippen LogP contribution in [0.25, 0.3) is 0 Å². The lowest BCUT2D eigenvalue weighted by molar-refractivity contribution is 0.211. The number of carbonyl (C=O) groups is 1. The Morgan fingerprint density at radius 3 is 2.44 bits per heavy atom. The lowest BCUT2D eigenvalue weighted by Gasteiger charge is -2.22. The Hall–Kier alpha value is -1.22. The number of amides is 2. The van der Waals surface area contributed by atoms with Gasteiger partial charge in [-0.15, -0.1) is 0 Å². The summed E-state index contributed by atoms with van der Waals surface area (Å²) < 4.78 is 0. The third-order valence-electron chi connectivity index (χ3n) is 2.72. The number of anilines is 1. The van der Waals surface area contributed by atoms with Crippen molar-refractivity contribution in [3.8, 4) is 0 Å². The van der Waals surface area contributed by atoms with Gasteiger partial charge in [0.15, 0.2) is 0 Å². The quantitative estimate of drug-likeness (QED) is 0.848. The minimum Gasteiger partial charge on any atom is -0.325 e. The second-order valence-corrected chi connectivity index (χ2v) is 4.81. The largest absolute Gasteiger partial charge is 0.325 e. The van der Waals surface area contributed by atoms with Gasteiger partial charge in [0.25, 0.3) is 0 Å². The van der Waals surface area contributed by atoms with Crippen LogP contribution >= 0.6 is 11.6 Å². The monoisotopic (exact) mass is 268 g/mol. The first-order chi connectivity index (χ1) is 8.58. The molecule has 1 aromatic rings. The predicted octanol–water partition coefficient (Wildman–Crippen LogP) is 4.30. The molecule has 1 rings (SSSR count). The molecule has 0 spiro atoms. The van der Waals surface area contributed by atoms with Crippen LogP contribution in [-0.2, 0) is 0 Å². The topological polar surface area (TPSA) is 32.3 Å². The van der Waals surface area contributed by atoms with Crippen LogP contribution in [0.5, 0.6) is 0 Å². The zero-order valence-corrected chi connectivity index (χ0v) is 12.0. The summed E-state index contributed by atoms with van der Waals surface area (Å²) in [7, 11) is 0. The van der Waals surface area contributed by atoms with E-state index in [1.54, 1.807) is 6.07 Å². The molecule has 0 unspecified atom stereocenters. The van der Waals surface area contributed by atoms with Crippen molar-refractivity contribution >= 4 is 23.3 Å². The van der Waals surface area contributed by atoms with Crippen LogP contribution in [0, 0.1) is 6.92 Å². The van der Waals surface area contributed by atoms with Crippen molar-refractivity contribution in [1.29, 1.82) is 0 Å². The average molecular weight is 269 g/mol. The van der Waals surface area contributed by atoms with Gasteiger partial charge in [0, 0.05) is 23.8 Å². The molecule has 1 aromatic carbocycles. The Kier molecular flexibility index (Phi) is 5.99. The highest BCUT2D eigenvalue weighted by Crippen LogP contribution is 2.20. The number of carbonyl (C=O) groups excluding carboxylic acids is 1. The van der Waals surface area contributed by atoms with Crippen molar-refractivity contribution in [2.75, 3.05) is 18.4 Å². The summed E-state index contributed by atoms with van der Waals surface area (Å²) in [5.41, 5.74) is 1.80. The van der Waals surface area contributed by atoms with E-state index >= 15 is 0 Å². The van der Waals surface area contributed by atoms with E-state index in [-0.39, 0.29) is 6.03 Å². The molecule has 3 nitrogen and oxygen atoms in total. The SMILES string of the molecule is CCCN(CCC)C(=O)Nc1cc(Cl)ccc1C. The second-order valence-electron chi connectivity index (χ2n) is 4.38. The number of hydrogen-bond donors (Lipinski definition) is 1. The number of halogens is 1. The summed E-state index contributed by atoms with van der Waals surface area (Å²) in [6, 6.07) is 5.46. The molecule has 0 saturated heterocycles. The average Bonchev–Trinajstić information content (AvgIpc) is 2.33. The third kappa shape index (κ3) is 4.22. The number of nitrogens with one attached hydrogen (secondary N) is 1. The Balaban J connectivity index is 2.75. The zero-order chi connectivity index (χ0) is 13.5. The van der Waals surface area contributed by atoms with Gasteiger partial charge in [-0.05, 0) is 37.5 Å². The Bertz CT molecular complexity index is 401. The smallest absolute Gasteiger partial charge is 0.321 e. The van der Waals surface area contributed by atoms with Crippen molar-refractivity contribution in [2.45, 2.75) is 33.6 Å². The van der Waals surface area contributed by atoms with E-state index in [0.717, 1.165) is 37.2 Å². The van der Waals surface area contributed by atoms with Gasteiger partial charge in [-0.2, -0.15) is 0 Å². The maximum atomic E-state index is 12.1. The predicted molar refractivity (Wildman–Crippen MR) is 77.4 cm³/mol. The number of urea groups is 1. The van der Waals surface area contributed by atoms with Crippen LogP contribution in [-0.4, -0.2) is 24.0 Å². The van der Waals surface area contributed by atoms with Gasteiger partial charge in [0.1, 0.15) is 0 Å². The van der Waals surface area contributed by atoms with Gasteiger partial charge in [-0.3, -0.25) is 0 Å². The summed E-state index contributed by atoms with van der Waals surface area (Å²) in [5.74, 6) is 0. The molecular formula is C14H21ClN2O. The van der Waals surface area contributed by atoms with E-state index < -0.39 is 0 Å². The van der Waals surface area contributed by atoms with E-state index in [4.69, 9.17) is 11.6 Å². The van der Waals surface area contributed by atoms with Gasteiger partial charge in [0.2, 0.25) is 0 Å². The molecule has 100 valence electrons. The van der Waals surface area contributed by atoms with Crippen molar-refractivity contribution in [1.82, 2.24) is 4.90 Å². The lowest BCUT2D eigenvalue weighted by Crippen LogP contribution is -2.36. The molecule has 0 aliphatic heterocycles. The van der Waals surface area contributed by atoms with Crippen LogP contribution in [0.2, 0.25) is 5.02 Å². The Morgan fingerprint density at radius 2 is 1.89 bits per heavy atom. The minimum atomic E-state index is -0.0518. The zero-order valence-electron chi connectivity index (χ0n) is 11.3. The first-order valence-electron chi connectivity index (χ1n) is 6.40. The van der Waals surface area contributed by atoms with E-state index in [1.807, 2.05) is 24.0 Å². The molecule has 2 amide bonds. The fourth-order valence-corrected chi connectivity index (χ4v) is 1.95. The summed E-state index contributed by atoms with van der Waals surface area (Å²) in [5, 5.41) is 3.56. The van der Waals surface area contributed by atoms with Gasteiger partial charge in [-0.1, -0.05) is 31.5 Å². The molecule has 0 radical (unpaired) electrons. The van der Waals surface area contributed by atoms with E-state index in [1.165, 1.54) is 0 Å². The normalized spacial score (nSPS) is 10.2. The van der Waals surface area contributed by atoms with Crippen molar-refractivity contribution in [3.05, 3.63) is 28.8 Å². The first kappa shape index (κ1) is 14.8. The number of aryl methyl sites for hydroxylation is 1. The molecular weight excluding hydrogens is 248 g/mol. The molecule has 1 N–H and O–H groups in total. The molecule has 0 aliphatic rings. The number of rotatable bonds is 5. The van der Waals surface area contributed by atoms with Crippen LogP contribution in [0.1, 0.15) is 32.3 Å². The summed E-state index contributed by atoms with van der Waals surface area (Å²) >= 11 is 5.94. The van der Waals surface area contributed by atoms with E-state index in [9.17, 15) is 4.79 Å². The molecule has 4 heteroatoms. The van der Waals surface area contributed by atoms with Crippen LogP contribution < -0.4 is 5.32 Å². The second kappa shape index (κ2) is 7.27. The highest BCUT2D eigenvalue weighted by Gasteiger charge is 2.12. The van der Waals surface area contributed by atoms with Crippen molar-refractivity contribution < 1.29 is 4.79 Å². The maximum Gasteiger partial charge on any atom is 0.321 e. The summed E-state index contributed by atoms with van der Waals surface area (Å²) in [6.45, 7) is 7.65. The molecule has 0 atom stereocenters. The standard InChI is InChI=1S/C14H21ClN2O/c1-4-8-17(9-5-2)14(18)16-13-10-12(15)7-6-11(13)3/h6-7,10H,4-5,8-9H2,1-3H3,(H,16,18). The molecule has 0 heterocycles. The first-order valence-corrected chi connectivity index (χ1v) is 6.78. The molecule has 0 aliphatic carbocycles. The highest BCUT2D eigenvalue weighted by molar-refractivity contribution is 6.31. The van der Waals surface area contributed by atoms with Gasteiger partial charge in [-0.25, -0.2) is 4.79 Å². The molecule has 0 saturated carbocycles. The summed E-state index contributed by atoms with van der Waals surface area (Å²) in [6.07, 6.45) is 1.92. The van der Waals surface area contributed by atoms with E-state index in [0.29, 0.717) is 5.02 Å².